The molecule has 4 rings (SSSR count). The van der Waals surface area contributed by atoms with Gasteiger partial charge in [0.15, 0.2) is 0 Å². The molecule has 0 aliphatic carbocycles. The van der Waals surface area contributed by atoms with E-state index in [2.05, 4.69) is 22.6 Å². The zero-order chi connectivity index (χ0) is 32.5. The van der Waals surface area contributed by atoms with Crippen LogP contribution in [-0.2, 0) is 27.5 Å². The molecule has 0 N–H and O–H groups in total. The number of amides is 3. The van der Waals surface area contributed by atoms with Crippen LogP contribution in [0.25, 0.3) is 0 Å². The third-order valence-electron chi connectivity index (χ3n) is 7.20. The van der Waals surface area contributed by atoms with Crippen molar-refractivity contribution >= 4 is 54.3 Å². The molecule has 0 spiro atoms. The van der Waals surface area contributed by atoms with E-state index < -0.39 is 28.1 Å². The summed E-state index contributed by atoms with van der Waals surface area (Å²) in [5, 5.41) is 21.4. The molecule has 2 aromatic rings. The second-order valence-corrected chi connectivity index (χ2v) is 11.0. The summed E-state index contributed by atoms with van der Waals surface area (Å²) >= 11 is 4.55. The molecule has 2 aliphatic heterocycles. The smallest absolute Gasteiger partial charge is 0.435 e. The van der Waals surface area contributed by atoms with Gasteiger partial charge in [0.2, 0.25) is 5.91 Å². The lowest BCUT2D eigenvalue weighted by atomic mass is 10.1. The molecule has 16 nitrogen and oxygen atoms in total. The fourth-order valence-electron chi connectivity index (χ4n) is 4.79. The number of nitro benzene ring substituents is 2. The molecule has 0 aromatic heterocycles. The summed E-state index contributed by atoms with van der Waals surface area (Å²) in [6.45, 7) is 3.48. The fourth-order valence-corrected chi connectivity index (χ4v) is 5.16. The third-order valence-corrected chi connectivity index (χ3v) is 7.58. The number of piperazine rings is 1. The lowest BCUT2D eigenvalue weighted by Crippen LogP contribution is -2.54. The van der Waals surface area contributed by atoms with Crippen LogP contribution in [0.5, 0.6) is 0 Å². The predicted molar refractivity (Wildman–Crippen MR) is 164 cm³/mol. The minimum atomic E-state index is -0.848. The van der Waals surface area contributed by atoms with Crippen molar-refractivity contribution in [1.29, 1.82) is 0 Å². The molecule has 17 heteroatoms. The number of nitrogens with zero attached hydrogens (tertiary/aromatic N) is 7. The monoisotopic (exact) mass is 641 g/mol. The maximum absolute atomic E-state index is 13.5. The van der Waals surface area contributed by atoms with Crippen LogP contribution in [0.15, 0.2) is 58.5 Å². The van der Waals surface area contributed by atoms with Crippen LogP contribution in [0.3, 0.4) is 0 Å². The number of carbonyl (C=O) groups is 3. The number of amidine groups is 1. The number of non-ortho nitro benzene ring substituents is 2. The third kappa shape index (κ3) is 9.21. The highest BCUT2D eigenvalue weighted by molar-refractivity contribution is 7.81. The van der Waals surface area contributed by atoms with Crippen LogP contribution in [0.1, 0.15) is 24.5 Å². The van der Waals surface area contributed by atoms with E-state index in [1.807, 2.05) is 0 Å². The van der Waals surface area contributed by atoms with E-state index in [0.717, 1.165) is 0 Å². The number of carbonyl (C=O) groups excluding carboxylic acids is 3. The maximum atomic E-state index is 13.5. The Bertz CT molecular complexity index is 1480. The maximum Gasteiger partial charge on any atom is 0.435 e. The molecule has 2 saturated heterocycles. The van der Waals surface area contributed by atoms with Crippen molar-refractivity contribution in [3.05, 3.63) is 79.9 Å². The van der Waals surface area contributed by atoms with Gasteiger partial charge < -0.3 is 24.2 Å². The van der Waals surface area contributed by atoms with Crippen LogP contribution in [-0.4, -0.2) is 98.8 Å². The van der Waals surface area contributed by atoms with E-state index in [4.69, 9.17) is 9.47 Å². The van der Waals surface area contributed by atoms with E-state index in [9.17, 15) is 34.6 Å². The molecule has 45 heavy (non-hydrogen) atoms. The SMILES string of the molecule is CC(=NC(=O)OCc1ccc([N+](=O)[O-])cc1)N1C[C@@H](S)C[C@H]1C(=O)N1CCN(C=NC(=O)OCc2ccc([N+](=O)[O-])cc2)CC1. The van der Waals surface area contributed by atoms with Gasteiger partial charge in [0.05, 0.1) is 16.2 Å². The summed E-state index contributed by atoms with van der Waals surface area (Å²) in [5.74, 6) is 0.191. The lowest BCUT2D eigenvalue weighted by molar-refractivity contribution is -0.385. The van der Waals surface area contributed by atoms with E-state index >= 15 is 0 Å². The molecular weight excluding hydrogens is 610 g/mol. The fraction of sp³-hybridized carbons (Fsp3) is 0.393. The van der Waals surface area contributed by atoms with Gasteiger partial charge in [0, 0.05) is 62.2 Å². The van der Waals surface area contributed by atoms with Crippen LogP contribution in [0.4, 0.5) is 21.0 Å². The number of nitro groups is 2. The van der Waals surface area contributed by atoms with Gasteiger partial charge in [-0.1, -0.05) is 0 Å². The molecule has 0 radical (unpaired) electrons. The zero-order valence-corrected chi connectivity index (χ0v) is 25.2. The number of likely N-dealkylation sites (tertiary alicyclic amines) is 1. The van der Waals surface area contributed by atoms with E-state index in [1.54, 1.807) is 21.6 Å². The van der Waals surface area contributed by atoms with Gasteiger partial charge in [-0.15, -0.1) is 0 Å². The van der Waals surface area contributed by atoms with Gasteiger partial charge in [0.25, 0.3) is 11.4 Å². The van der Waals surface area contributed by atoms with Gasteiger partial charge in [-0.25, -0.2) is 9.59 Å². The number of thiol groups is 1. The lowest BCUT2D eigenvalue weighted by Gasteiger charge is -2.36. The Balaban J connectivity index is 1.23. The molecule has 2 heterocycles. The number of ether oxygens (including phenoxy) is 2. The van der Waals surface area contributed by atoms with Crippen molar-refractivity contribution in [3.63, 3.8) is 0 Å². The first-order valence-electron chi connectivity index (χ1n) is 13.9. The van der Waals surface area contributed by atoms with Crippen LogP contribution in [0.2, 0.25) is 0 Å². The molecule has 2 atom stereocenters. The molecule has 0 bridgehead atoms. The van der Waals surface area contributed by atoms with Gasteiger partial charge in [-0.3, -0.25) is 25.0 Å². The molecule has 3 amide bonds. The number of benzene rings is 2. The Morgan fingerprint density at radius 1 is 0.889 bits per heavy atom. The summed E-state index contributed by atoms with van der Waals surface area (Å²) in [6, 6.07) is 10.7. The van der Waals surface area contributed by atoms with Gasteiger partial charge in [0.1, 0.15) is 25.1 Å². The van der Waals surface area contributed by atoms with Crippen LogP contribution >= 0.6 is 12.6 Å². The van der Waals surface area contributed by atoms with Gasteiger partial charge in [-0.2, -0.15) is 22.6 Å². The molecule has 0 saturated carbocycles. The number of aliphatic imine (C=N–C) groups is 2. The number of hydrogen-bond acceptors (Lipinski definition) is 10. The minimum Gasteiger partial charge on any atom is -0.443 e. The molecule has 2 fully saturated rings. The van der Waals surface area contributed by atoms with Crippen molar-refractivity contribution in [2.75, 3.05) is 32.7 Å². The first-order valence-corrected chi connectivity index (χ1v) is 14.4. The topological polar surface area (TPSA) is 190 Å². The van der Waals surface area contributed by atoms with E-state index in [0.29, 0.717) is 56.1 Å². The number of hydrogen-bond donors (Lipinski definition) is 1. The minimum absolute atomic E-state index is 0.0615. The molecule has 2 aromatic carbocycles. The standard InChI is InChI=1S/C28H31N7O9S/c1-19(30-28(38)44-17-21-4-8-23(9-5-21)35(41)42)33-15-24(45)14-25(33)26(36)32-12-10-31(11-13-32)18-29-27(37)43-16-20-2-6-22(7-3-20)34(39)40/h2-9,18,24-25,45H,10-17H2,1H3/t24-,25-/m0/s1. The summed E-state index contributed by atoms with van der Waals surface area (Å²) in [6.07, 6.45) is 0.174. The predicted octanol–water partition coefficient (Wildman–Crippen LogP) is 3.44. The first-order chi connectivity index (χ1) is 21.5. The van der Waals surface area contributed by atoms with Crippen molar-refractivity contribution < 1.29 is 33.7 Å². The normalized spacial score (nSPS) is 18.6. The van der Waals surface area contributed by atoms with E-state index in [-0.39, 0.29) is 35.7 Å². The summed E-state index contributed by atoms with van der Waals surface area (Å²) in [7, 11) is 0. The van der Waals surface area contributed by atoms with Crippen LogP contribution < -0.4 is 0 Å². The Labute approximate surface area is 263 Å². The molecule has 238 valence electrons. The Morgan fingerprint density at radius 3 is 1.91 bits per heavy atom. The molecular formula is C28H31N7O9S. The second kappa shape index (κ2) is 15.1. The Hall–Kier alpha value is -5.06. The highest BCUT2D eigenvalue weighted by Gasteiger charge is 2.39. The Kier molecular flexibility index (Phi) is 11.0. The largest absolute Gasteiger partial charge is 0.443 e. The quantitative estimate of drug-likeness (QED) is 0.146. The van der Waals surface area contributed by atoms with E-state index in [1.165, 1.54) is 54.9 Å². The van der Waals surface area contributed by atoms with Gasteiger partial charge in [-0.05, 0) is 48.7 Å². The first kappa shape index (κ1) is 32.8. The molecule has 2 aliphatic rings. The summed E-state index contributed by atoms with van der Waals surface area (Å²) in [4.78, 5) is 71.4. The van der Waals surface area contributed by atoms with Crippen molar-refractivity contribution in [1.82, 2.24) is 14.7 Å². The Morgan fingerprint density at radius 2 is 1.40 bits per heavy atom. The van der Waals surface area contributed by atoms with Crippen molar-refractivity contribution in [3.8, 4) is 0 Å². The van der Waals surface area contributed by atoms with Crippen LogP contribution in [0, 0.1) is 20.2 Å². The summed E-state index contributed by atoms with van der Waals surface area (Å²) < 4.78 is 10.3. The average Bonchev–Trinajstić information content (AvgIpc) is 3.43. The average molecular weight is 642 g/mol. The highest BCUT2D eigenvalue weighted by atomic mass is 32.1. The summed E-state index contributed by atoms with van der Waals surface area (Å²) in [5.41, 5.74) is 1.02. The second-order valence-electron chi connectivity index (χ2n) is 10.3. The molecule has 0 unspecified atom stereocenters. The van der Waals surface area contributed by atoms with Crippen molar-refractivity contribution in [2.24, 2.45) is 9.98 Å². The number of rotatable bonds is 8. The van der Waals surface area contributed by atoms with Crippen molar-refractivity contribution in [2.45, 2.75) is 37.9 Å². The van der Waals surface area contributed by atoms with Gasteiger partial charge >= 0.3 is 12.2 Å². The highest BCUT2D eigenvalue weighted by Crippen LogP contribution is 2.25. The zero-order valence-electron chi connectivity index (χ0n) is 24.3.